The quantitative estimate of drug-likeness (QED) is 0.839. The third-order valence-electron chi connectivity index (χ3n) is 4.15. The van der Waals surface area contributed by atoms with Gasteiger partial charge in [0.2, 0.25) is 5.91 Å². The zero-order chi connectivity index (χ0) is 15.4. The van der Waals surface area contributed by atoms with Crippen LogP contribution in [0.25, 0.3) is 0 Å². The van der Waals surface area contributed by atoms with Gasteiger partial charge >= 0.3 is 0 Å². The highest BCUT2D eigenvalue weighted by Gasteiger charge is 2.25. The van der Waals surface area contributed by atoms with Crippen LogP contribution in [0.4, 0.5) is 5.69 Å². The predicted molar refractivity (Wildman–Crippen MR) is 88.6 cm³/mol. The molecular formula is C16H22N2O2S. The van der Waals surface area contributed by atoms with Crippen LogP contribution in [0.2, 0.25) is 0 Å². The maximum atomic E-state index is 12.5. The highest BCUT2D eigenvalue weighted by Crippen LogP contribution is 2.32. The summed E-state index contributed by atoms with van der Waals surface area (Å²) in [6.45, 7) is 2.24. The molecule has 1 saturated carbocycles. The number of para-hydroxylation sites is 1. The number of methoxy groups -OCH3 is 1. The second-order valence-corrected chi connectivity index (χ2v) is 6.13. The molecule has 0 aromatic heterocycles. The van der Waals surface area contributed by atoms with Crippen LogP contribution in [-0.4, -0.2) is 18.0 Å². The van der Waals surface area contributed by atoms with Crippen molar-refractivity contribution < 1.29 is 9.53 Å². The lowest BCUT2D eigenvalue weighted by Crippen LogP contribution is -2.28. The van der Waals surface area contributed by atoms with Gasteiger partial charge in [-0.2, -0.15) is 0 Å². The highest BCUT2D eigenvalue weighted by atomic mass is 32.1. The molecular weight excluding hydrogens is 284 g/mol. The molecule has 0 radical (unpaired) electrons. The summed E-state index contributed by atoms with van der Waals surface area (Å²) in [6, 6.07) is 5.40. The van der Waals surface area contributed by atoms with Crippen LogP contribution in [0.3, 0.4) is 0 Å². The Labute approximate surface area is 131 Å². The number of anilines is 1. The van der Waals surface area contributed by atoms with Crippen molar-refractivity contribution in [2.24, 2.45) is 17.6 Å². The zero-order valence-electron chi connectivity index (χ0n) is 12.5. The van der Waals surface area contributed by atoms with E-state index in [0.717, 1.165) is 25.7 Å². The number of nitrogens with one attached hydrogen (secondary N) is 1. The van der Waals surface area contributed by atoms with Crippen LogP contribution in [-0.2, 0) is 4.79 Å². The molecule has 0 bridgehead atoms. The summed E-state index contributed by atoms with van der Waals surface area (Å²) in [5.41, 5.74) is 6.96. The van der Waals surface area contributed by atoms with E-state index in [2.05, 4.69) is 12.2 Å². The molecule has 1 aliphatic rings. The smallest absolute Gasteiger partial charge is 0.227 e. The molecule has 1 amide bonds. The average Bonchev–Trinajstić information content (AvgIpc) is 2.47. The Kier molecular flexibility index (Phi) is 5.17. The third-order valence-corrected chi connectivity index (χ3v) is 4.37. The number of nitrogens with two attached hydrogens (primary N) is 1. The number of hydrogen-bond acceptors (Lipinski definition) is 3. The maximum absolute atomic E-state index is 12.5. The summed E-state index contributed by atoms with van der Waals surface area (Å²) in [6.07, 6.45) is 4.08. The molecule has 1 aromatic carbocycles. The lowest BCUT2D eigenvalue weighted by molar-refractivity contribution is -0.121. The molecule has 0 atom stereocenters. The van der Waals surface area contributed by atoms with Crippen LogP contribution >= 0.6 is 12.2 Å². The summed E-state index contributed by atoms with van der Waals surface area (Å²) in [5, 5.41) is 2.96. The average molecular weight is 306 g/mol. The van der Waals surface area contributed by atoms with E-state index in [-0.39, 0.29) is 16.8 Å². The number of ether oxygens (including phenoxy) is 1. The Balaban J connectivity index is 2.18. The van der Waals surface area contributed by atoms with Crippen LogP contribution in [0, 0.1) is 11.8 Å². The first-order valence-corrected chi connectivity index (χ1v) is 7.71. The maximum Gasteiger partial charge on any atom is 0.227 e. The molecule has 1 aromatic rings. The first-order chi connectivity index (χ1) is 10.0. The lowest BCUT2D eigenvalue weighted by Gasteiger charge is -2.26. The summed E-state index contributed by atoms with van der Waals surface area (Å²) >= 11 is 5.05. The third kappa shape index (κ3) is 3.73. The van der Waals surface area contributed by atoms with Crippen molar-refractivity contribution in [3.63, 3.8) is 0 Å². The summed E-state index contributed by atoms with van der Waals surface area (Å²) in [7, 11) is 1.57. The van der Waals surface area contributed by atoms with Crippen molar-refractivity contribution in [1.29, 1.82) is 0 Å². The normalized spacial score (nSPS) is 21.6. The number of carbonyl (C=O) groups is 1. The summed E-state index contributed by atoms with van der Waals surface area (Å²) in [5.74, 6) is 1.39. The lowest BCUT2D eigenvalue weighted by atomic mass is 9.82. The molecule has 3 N–H and O–H groups in total. The summed E-state index contributed by atoms with van der Waals surface area (Å²) < 4.78 is 5.31. The van der Waals surface area contributed by atoms with Gasteiger partial charge in [-0.25, -0.2) is 0 Å². The minimum atomic E-state index is 0.0314. The van der Waals surface area contributed by atoms with E-state index in [0.29, 0.717) is 22.9 Å². The van der Waals surface area contributed by atoms with E-state index < -0.39 is 0 Å². The molecule has 2 rings (SSSR count). The molecule has 114 valence electrons. The fourth-order valence-electron chi connectivity index (χ4n) is 2.78. The van der Waals surface area contributed by atoms with Gasteiger partial charge in [-0.05, 0) is 43.7 Å². The van der Waals surface area contributed by atoms with Crippen molar-refractivity contribution in [1.82, 2.24) is 0 Å². The second-order valence-electron chi connectivity index (χ2n) is 5.69. The van der Waals surface area contributed by atoms with Gasteiger partial charge in [0, 0.05) is 11.5 Å². The topological polar surface area (TPSA) is 64.3 Å². The number of amides is 1. The van der Waals surface area contributed by atoms with Gasteiger partial charge in [-0.1, -0.05) is 25.2 Å². The van der Waals surface area contributed by atoms with Crippen molar-refractivity contribution in [3.8, 4) is 5.75 Å². The van der Waals surface area contributed by atoms with Gasteiger partial charge < -0.3 is 15.8 Å². The number of benzene rings is 1. The van der Waals surface area contributed by atoms with E-state index in [9.17, 15) is 4.79 Å². The van der Waals surface area contributed by atoms with Gasteiger partial charge in [-0.3, -0.25) is 4.79 Å². The Morgan fingerprint density at radius 1 is 1.33 bits per heavy atom. The molecule has 4 nitrogen and oxygen atoms in total. The Morgan fingerprint density at radius 3 is 2.57 bits per heavy atom. The van der Waals surface area contributed by atoms with E-state index in [1.807, 2.05) is 6.07 Å². The van der Waals surface area contributed by atoms with E-state index in [4.69, 9.17) is 22.7 Å². The van der Waals surface area contributed by atoms with Gasteiger partial charge in [0.1, 0.15) is 10.7 Å². The SMILES string of the molecule is COc1cccc(C(N)=S)c1NC(=O)C1CCC(C)CC1. The van der Waals surface area contributed by atoms with Gasteiger partial charge in [0.15, 0.2) is 0 Å². The second kappa shape index (κ2) is 6.89. The zero-order valence-corrected chi connectivity index (χ0v) is 13.3. The van der Waals surface area contributed by atoms with Crippen LogP contribution < -0.4 is 15.8 Å². The molecule has 5 heteroatoms. The minimum Gasteiger partial charge on any atom is -0.495 e. The molecule has 0 unspecified atom stereocenters. The highest BCUT2D eigenvalue weighted by molar-refractivity contribution is 7.80. The molecule has 21 heavy (non-hydrogen) atoms. The number of hydrogen-bond donors (Lipinski definition) is 2. The standard InChI is InChI=1S/C16H22N2O2S/c1-10-6-8-11(9-7-10)16(19)18-14-12(15(17)21)4-3-5-13(14)20-2/h3-5,10-11H,6-9H2,1-2H3,(H2,17,21)(H,18,19). The summed E-state index contributed by atoms with van der Waals surface area (Å²) in [4.78, 5) is 12.7. The van der Waals surface area contributed by atoms with E-state index in [1.54, 1.807) is 19.2 Å². The van der Waals surface area contributed by atoms with Crippen molar-refractivity contribution in [3.05, 3.63) is 23.8 Å². The molecule has 0 aliphatic heterocycles. The number of carbonyl (C=O) groups excluding carboxylic acids is 1. The molecule has 0 spiro atoms. The fourth-order valence-corrected chi connectivity index (χ4v) is 2.95. The number of rotatable bonds is 4. The van der Waals surface area contributed by atoms with Crippen molar-refractivity contribution in [2.75, 3.05) is 12.4 Å². The number of thiocarbonyl (C=S) groups is 1. The monoisotopic (exact) mass is 306 g/mol. The van der Waals surface area contributed by atoms with Crippen LogP contribution in [0.15, 0.2) is 18.2 Å². The van der Waals surface area contributed by atoms with Gasteiger partial charge in [0.25, 0.3) is 0 Å². The molecule has 0 saturated heterocycles. The Hall–Kier alpha value is -1.62. The Bertz CT molecular complexity index is 537. The first-order valence-electron chi connectivity index (χ1n) is 7.30. The van der Waals surface area contributed by atoms with Gasteiger partial charge in [-0.15, -0.1) is 0 Å². The predicted octanol–water partition coefficient (Wildman–Crippen LogP) is 3.09. The van der Waals surface area contributed by atoms with Crippen molar-refractivity contribution >= 4 is 28.8 Å². The van der Waals surface area contributed by atoms with Crippen LogP contribution in [0.1, 0.15) is 38.2 Å². The fraction of sp³-hybridized carbons (Fsp3) is 0.500. The molecule has 1 aliphatic carbocycles. The Morgan fingerprint density at radius 2 is 2.00 bits per heavy atom. The van der Waals surface area contributed by atoms with Gasteiger partial charge in [0.05, 0.1) is 12.8 Å². The minimum absolute atomic E-state index is 0.0314. The first kappa shape index (κ1) is 15.8. The largest absolute Gasteiger partial charge is 0.495 e. The molecule has 1 fully saturated rings. The molecule has 0 heterocycles. The van der Waals surface area contributed by atoms with E-state index in [1.165, 1.54) is 0 Å². The van der Waals surface area contributed by atoms with Crippen LogP contribution in [0.5, 0.6) is 5.75 Å². The van der Waals surface area contributed by atoms with Crippen molar-refractivity contribution in [2.45, 2.75) is 32.6 Å². The van der Waals surface area contributed by atoms with E-state index >= 15 is 0 Å².